The number of pyridine rings is 1. The van der Waals surface area contributed by atoms with Crippen LogP contribution in [0.5, 0.6) is 0 Å². The summed E-state index contributed by atoms with van der Waals surface area (Å²) in [5.41, 5.74) is 1.01. The van der Waals surface area contributed by atoms with Crippen molar-refractivity contribution in [3.05, 3.63) is 42.2 Å². The molecule has 0 aliphatic carbocycles. The van der Waals surface area contributed by atoms with Crippen LogP contribution < -0.4 is 10.6 Å². The van der Waals surface area contributed by atoms with Crippen molar-refractivity contribution < 1.29 is 4.79 Å². The van der Waals surface area contributed by atoms with Crippen molar-refractivity contribution in [2.75, 3.05) is 6.54 Å². The summed E-state index contributed by atoms with van der Waals surface area (Å²) in [6, 6.07) is 3.73. The van der Waals surface area contributed by atoms with Crippen LogP contribution in [0.4, 0.5) is 4.79 Å². The first-order valence-corrected chi connectivity index (χ1v) is 11.4. The zero-order chi connectivity index (χ0) is 20.1. The summed E-state index contributed by atoms with van der Waals surface area (Å²) in [4.78, 5) is 15.7. The Kier molecular flexibility index (Phi) is 16.0. The number of amides is 2. The van der Waals surface area contributed by atoms with Gasteiger partial charge in [0.1, 0.15) is 0 Å². The van der Waals surface area contributed by atoms with Crippen LogP contribution in [0.2, 0.25) is 0 Å². The minimum atomic E-state index is -0.0978. The molecule has 2 amide bonds. The second kappa shape index (κ2) is 18.5. The molecule has 158 valence electrons. The van der Waals surface area contributed by atoms with Gasteiger partial charge in [-0.1, -0.05) is 76.5 Å². The normalized spacial score (nSPS) is 11.0. The van der Waals surface area contributed by atoms with E-state index in [0.717, 1.165) is 18.5 Å². The molecule has 4 nitrogen and oxygen atoms in total. The molecule has 1 aromatic rings. The van der Waals surface area contributed by atoms with E-state index in [1.165, 1.54) is 77.0 Å². The van der Waals surface area contributed by atoms with Crippen LogP contribution in [0.1, 0.15) is 96.0 Å². The van der Waals surface area contributed by atoms with Gasteiger partial charge in [-0.3, -0.25) is 4.98 Å². The number of carbonyl (C=O) groups is 1. The lowest BCUT2D eigenvalue weighted by Crippen LogP contribution is -2.35. The van der Waals surface area contributed by atoms with E-state index < -0.39 is 0 Å². The summed E-state index contributed by atoms with van der Waals surface area (Å²) in [6.07, 6.45) is 25.0. The lowest BCUT2D eigenvalue weighted by atomic mass is 10.1. The minimum Gasteiger partial charge on any atom is -0.338 e. The zero-order valence-electron chi connectivity index (χ0n) is 17.9. The van der Waals surface area contributed by atoms with Crippen molar-refractivity contribution in [1.29, 1.82) is 0 Å². The number of carbonyl (C=O) groups excluding carboxylic acids is 1. The molecule has 1 aromatic heterocycles. The molecule has 0 aliphatic rings. The van der Waals surface area contributed by atoms with Crippen molar-refractivity contribution in [2.45, 2.75) is 96.9 Å². The third kappa shape index (κ3) is 15.2. The maximum atomic E-state index is 11.7. The predicted octanol–water partition coefficient (Wildman–Crippen LogP) is 6.53. The van der Waals surface area contributed by atoms with Crippen molar-refractivity contribution >= 4 is 6.03 Å². The van der Waals surface area contributed by atoms with Crippen molar-refractivity contribution in [1.82, 2.24) is 15.6 Å². The summed E-state index contributed by atoms with van der Waals surface area (Å²) in [6.45, 7) is 3.54. The Morgan fingerprint density at radius 3 is 2.18 bits per heavy atom. The monoisotopic (exact) mass is 387 g/mol. The number of unbranched alkanes of at least 4 members (excludes halogenated alkanes) is 11. The fourth-order valence-electron chi connectivity index (χ4n) is 3.15. The Bertz CT molecular complexity index is 502. The number of hydrogen-bond acceptors (Lipinski definition) is 2. The zero-order valence-corrected chi connectivity index (χ0v) is 17.9. The highest BCUT2D eigenvalue weighted by atomic mass is 16.2. The summed E-state index contributed by atoms with van der Waals surface area (Å²) in [7, 11) is 0. The van der Waals surface area contributed by atoms with Gasteiger partial charge in [0.05, 0.1) is 0 Å². The van der Waals surface area contributed by atoms with E-state index in [0.29, 0.717) is 6.54 Å². The van der Waals surface area contributed by atoms with Gasteiger partial charge in [0.15, 0.2) is 0 Å². The fourth-order valence-corrected chi connectivity index (χ4v) is 3.15. The molecule has 0 saturated carbocycles. The van der Waals surface area contributed by atoms with Gasteiger partial charge >= 0.3 is 6.03 Å². The largest absolute Gasteiger partial charge is 0.338 e. The lowest BCUT2D eigenvalue weighted by molar-refractivity contribution is 0.240. The number of aromatic nitrogens is 1. The van der Waals surface area contributed by atoms with Crippen LogP contribution in [0.15, 0.2) is 36.7 Å². The second-order valence-electron chi connectivity index (χ2n) is 7.56. The molecule has 28 heavy (non-hydrogen) atoms. The van der Waals surface area contributed by atoms with Crippen LogP contribution in [0, 0.1) is 0 Å². The SMILES string of the molecule is CCCCCCCC/C=C\CCCCCCCNC(=O)NCc1cccnc1. The van der Waals surface area contributed by atoms with E-state index in [1.54, 1.807) is 12.4 Å². The highest BCUT2D eigenvalue weighted by Gasteiger charge is 1.99. The first kappa shape index (κ1) is 24.2. The number of allylic oxidation sites excluding steroid dienone is 2. The molecule has 0 bridgehead atoms. The van der Waals surface area contributed by atoms with E-state index >= 15 is 0 Å². The summed E-state index contributed by atoms with van der Waals surface area (Å²) >= 11 is 0. The van der Waals surface area contributed by atoms with Crippen LogP contribution in [-0.4, -0.2) is 17.6 Å². The van der Waals surface area contributed by atoms with Gasteiger partial charge in [0.2, 0.25) is 0 Å². The summed E-state index contributed by atoms with van der Waals surface area (Å²) in [5, 5.41) is 5.77. The highest BCUT2D eigenvalue weighted by molar-refractivity contribution is 5.73. The maximum absolute atomic E-state index is 11.7. The van der Waals surface area contributed by atoms with Gasteiger partial charge in [-0.2, -0.15) is 0 Å². The van der Waals surface area contributed by atoms with Crippen LogP contribution in [0.3, 0.4) is 0 Å². The molecule has 0 unspecified atom stereocenters. The first-order valence-electron chi connectivity index (χ1n) is 11.4. The Morgan fingerprint density at radius 2 is 1.54 bits per heavy atom. The van der Waals surface area contributed by atoms with Gasteiger partial charge in [-0.15, -0.1) is 0 Å². The molecule has 0 radical (unpaired) electrons. The van der Waals surface area contributed by atoms with E-state index in [1.807, 2.05) is 12.1 Å². The third-order valence-electron chi connectivity index (χ3n) is 4.90. The van der Waals surface area contributed by atoms with Crippen LogP contribution in [-0.2, 0) is 6.54 Å². The molecule has 0 aromatic carbocycles. The van der Waals surface area contributed by atoms with E-state index in [2.05, 4.69) is 34.7 Å². The average Bonchev–Trinajstić information content (AvgIpc) is 2.72. The van der Waals surface area contributed by atoms with Crippen molar-refractivity contribution in [3.63, 3.8) is 0 Å². The Hall–Kier alpha value is -1.84. The van der Waals surface area contributed by atoms with Gasteiger partial charge in [-0.05, 0) is 43.7 Å². The summed E-state index contributed by atoms with van der Waals surface area (Å²) in [5.74, 6) is 0. The molecule has 4 heteroatoms. The standard InChI is InChI=1S/C24H41N3O/c1-2-3-4-5-6-7-8-9-10-11-12-13-14-15-16-20-26-24(28)27-22-23-18-17-19-25-21-23/h9-10,17-19,21H,2-8,11-16,20,22H2,1H3,(H2,26,27,28)/b10-9-. The summed E-state index contributed by atoms with van der Waals surface area (Å²) < 4.78 is 0. The molecule has 0 atom stereocenters. The van der Waals surface area contributed by atoms with Gasteiger partial charge in [0, 0.05) is 25.5 Å². The Labute approximate surface area is 172 Å². The first-order chi connectivity index (χ1) is 13.8. The lowest BCUT2D eigenvalue weighted by Gasteiger charge is -2.07. The quantitative estimate of drug-likeness (QED) is 0.236. The molecule has 0 aliphatic heterocycles. The molecular weight excluding hydrogens is 346 g/mol. The Balaban J connectivity index is 1.80. The molecule has 1 heterocycles. The van der Waals surface area contributed by atoms with Gasteiger partial charge in [0.25, 0.3) is 0 Å². The number of urea groups is 1. The van der Waals surface area contributed by atoms with E-state index in [-0.39, 0.29) is 6.03 Å². The second-order valence-corrected chi connectivity index (χ2v) is 7.56. The van der Waals surface area contributed by atoms with Crippen molar-refractivity contribution in [2.24, 2.45) is 0 Å². The molecule has 1 rings (SSSR count). The average molecular weight is 388 g/mol. The smallest absolute Gasteiger partial charge is 0.315 e. The third-order valence-corrected chi connectivity index (χ3v) is 4.90. The van der Waals surface area contributed by atoms with Crippen LogP contribution >= 0.6 is 0 Å². The van der Waals surface area contributed by atoms with Crippen molar-refractivity contribution in [3.8, 4) is 0 Å². The predicted molar refractivity (Wildman–Crippen MR) is 119 cm³/mol. The maximum Gasteiger partial charge on any atom is 0.315 e. The minimum absolute atomic E-state index is 0.0978. The molecule has 0 fully saturated rings. The number of hydrogen-bond donors (Lipinski definition) is 2. The van der Waals surface area contributed by atoms with Gasteiger partial charge in [-0.25, -0.2) is 4.79 Å². The van der Waals surface area contributed by atoms with Crippen LogP contribution in [0.25, 0.3) is 0 Å². The van der Waals surface area contributed by atoms with Gasteiger partial charge < -0.3 is 10.6 Å². The highest BCUT2D eigenvalue weighted by Crippen LogP contribution is 2.09. The van der Waals surface area contributed by atoms with E-state index in [4.69, 9.17) is 0 Å². The topological polar surface area (TPSA) is 54.0 Å². The van der Waals surface area contributed by atoms with E-state index in [9.17, 15) is 4.79 Å². The number of rotatable bonds is 17. The molecule has 0 spiro atoms. The number of nitrogens with one attached hydrogen (secondary N) is 2. The molecular formula is C24H41N3O. The fraction of sp³-hybridized carbons (Fsp3) is 0.667. The molecule has 0 saturated heterocycles. The number of nitrogens with zero attached hydrogens (tertiary/aromatic N) is 1. The Morgan fingerprint density at radius 1 is 0.893 bits per heavy atom. The molecule has 2 N–H and O–H groups in total.